The SMILES string of the molecule is CCC(C(=O)NN)N1CCC(OC)C1. The van der Waals surface area contributed by atoms with Crippen molar-refractivity contribution in [1.82, 2.24) is 10.3 Å². The van der Waals surface area contributed by atoms with Crippen LogP contribution in [-0.2, 0) is 9.53 Å². The van der Waals surface area contributed by atoms with Gasteiger partial charge in [-0.1, -0.05) is 6.92 Å². The topological polar surface area (TPSA) is 67.6 Å². The minimum absolute atomic E-state index is 0.107. The van der Waals surface area contributed by atoms with Crippen molar-refractivity contribution in [2.45, 2.75) is 31.9 Å². The molecule has 0 aliphatic carbocycles. The van der Waals surface area contributed by atoms with Gasteiger partial charge < -0.3 is 4.74 Å². The van der Waals surface area contributed by atoms with Crippen molar-refractivity contribution in [1.29, 1.82) is 0 Å². The van der Waals surface area contributed by atoms with E-state index >= 15 is 0 Å². The smallest absolute Gasteiger partial charge is 0.251 e. The third-order valence-corrected chi connectivity index (χ3v) is 2.78. The predicted octanol–water partition coefficient (Wildman–Crippen LogP) is -0.524. The molecule has 1 heterocycles. The summed E-state index contributed by atoms with van der Waals surface area (Å²) in [5, 5.41) is 0. The number of rotatable bonds is 4. The number of methoxy groups -OCH3 is 1. The molecule has 0 radical (unpaired) electrons. The Morgan fingerprint density at radius 2 is 2.50 bits per heavy atom. The molecule has 5 nitrogen and oxygen atoms in total. The highest BCUT2D eigenvalue weighted by molar-refractivity contribution is 5.81. The van der Waals surface area contributed by atoms with Gasteiger partial charge in [0, 0.05) is 20.2 Å². The predicted molar refractivity (Wildman–Crippen MR) is 53.4 cm³/mol. The largest absolute Gasteiger partial charge is 0.380 e. The maximum atomic E-state index is 11.4. The summed E-state index contributed by atoms with van der Waals surface area (Å²) in [5.41, 5.74) is 2.20. The first-order chi connectivity index (χ1) is 6.72. The molecule has 1 aliphatic rings. The lowest BCUT2D eigenvalue weighted by Gasteiger charge is -2.24. The number of amides is 1. The Labute approximate surface area is 84.5 Å². The lowest BCUT2D eigenvalue weighted by molar-refractivity contribution is -0.126. The molecule has 2 atom stereocenters. The summed E-state index contributed by atoms with van der Waals surface area (Å²) < 4.78 is 5.24. The van der Waals surface area contributed by atoms with E-state index < -0.39 is 0 Å². The molecule has 0 spiro atoms. The maximum Gasteiger partial charge on any atom is 0.251 e. The van der Waals surface area contributed by atoms with E-state index in [-0.39, 0.29) is 18.1 Å². The van der Waals surface area contributed by atoms with E-state index in [0.29, 0.717) is 0 Å². The highest BCUT2D eigenvalue weighted by atomic mass is 16.5. The summed E-state index contributed by atoms with van der Waals surface area (Å²) in [6, 6.07) is -0.111. The zero-order valence-electron chi connectivity index (χ0n) is 8.82. The van der Waals surface area contributed by atoms with Crippen molar-refractivity contribution in [3.05, 3.63) is 0 Å². The second-order valence-corrected chi connectivity index (χ2v) is 3.57. The normalized spacial score (nSPS) is 24.9. The van der Waals surface area contributed by atoms with Crippen LogP contribution in [0.1, 0.15) is 19.8 Å². The third kappa shape index (κ3) is 2.43. The van der Waals surface area contributed by atoms with E-state index in [1.54, 1.807) is 7.11 Å². The number of nitrogens with one attached hydrogen (secondary N) is 1. The summed E-state index contributed by atoms with van der Waals surface area (Å²) in [4.78, 5) is 13.5. The van der Waals surface area contributed by atoms with Gasteiger partial charge in [0.05, 0.1) is 12.1 Å². The van der Waals surface area contributed by atoms with E-state index in [1.165, 1.54) is 0 Å². The van der Waals surface area contributed by atoms with Crippen molar-refractivity contribution < 1.29 is 9.53 Å². The lowest BCUT2D eigenvalue weighted by Crippen LogP contribution is -2.48. The molecule has 0 aromatic carbocycles. The molecule has 0 bridgehead atoms. The Morgan fingerprint density at radius 1 is 1.79 bits per heavy atom. The van der Waals surface area contributed by atoms with Gasteiger partial charge in [-0.3, -0.25) is 15.1 Å². The van der Waals surface area contributed by atoms with Gasteiger partial charge in [0.1, 0.15) is 0 Å². The zero-order chi connectivity index (χ0) is 10.6. The van der Waals surface area contributed by atoms with Crippen LogP contribution in [0.4, 0.5) is 0 Å². The van der Waals surface area contributed by atoms with Crippen LogP contribution in [0.2, 0.25) is 0 Å². The molecule has 14 heavy (non-hydrogen) atoms. The van der Waals surface area contributed by atoms with Crippen LogP contribution < -0.4 is 11.3 Å². The summed E-state index contributed by atoms with van der Waals surface area (Å²) in [6.45, 7) is 3.72. The van der Waals surface area contributed by atoms with Gasteiger partial charge in [-0.15, -0.1) is 0 Å². The fraction of sp³-hybridized carbons (Fsp3) is 0.889. The van der Waals surface area contributed by atoms with Crippen LogP contribution in [0.5, 0.6) is 0 Å². The molecule has 0 saturated carbocycles. The van der Waals surface area contributed by atoms with Crippen molar-refractivity contribution in [2.75, 3.05) is 20.2 Å². The molecular weight excluding hydrogens is 182 g/mol. The average Bonchev–Trinajstić information content (AvgIpc) is 2.67. The molecule has 1 saturated heterocycles. The summed E-state index contributed by atoms with van der Waals surface area (Å²) >= 11 is 0. The number of carbonyl (C=O) groups is 1. The van der Waals surface area contributed by atoms with Gasteiger partial charge >= 0.3 is 0 Å². The van der Waals surface area contributed by atoms with Crippen molar-refractivity contribution >= 4 is 5.91 Å². The lowest BCUT2D eigenvalue weighted by atomic mass is 10.2. The maximum absolute atomic E-state index is 11.4. The summed E-state index contributed by atoms with van der Waals surface area (Å²) in [7, 11) is 1.71. The number of nitrogens with zero attached hydrogens (tertiary/aromatic N) is 1. The number of carbonyl (C=O) groups excluding carboxylic acids is 1. The van der Waals surface area contributed by atoms with Crippen LogP contribution in [0, 0.1) is 0 Å². The fourth-order valence-corrected chi connectivity index (χ4v) is 1.94. The molecule has 0 aromatic heterocycles. The third-order valence-electron chi connectivity index (χ3n) is 2.78. The number of likely N-dealkylation sites (tertiary alicyclic amines) is 1. The highest BCUT2D eigenvalue weighted by Gasteiger charge is 2.30. The van der Waals surface area contributed by atoms with Gasteiger partial charge in [-0.25, -0.2) is 5.84 Å². The molecule has 1 rings (SSSR count). The Hall–Kier alpha value is -0.650. The first-order valence-electron chi connectivity index (χ1n) is 5.00. The van der Waals surface area contributed by atoms with Crippen LogP contribution in [0.3, 0.4) is 0 Å². The van der Waals surface area contributed by atoms with Gasteiger partial charge in [0.25, 0.3) is 5.91 Å². The second-order valence-electron chi connectivity index (χ2n) is 3.57. The Morgan fingerprint density at radius 3 is 2.93 bits per heavy atom. The Kier molecular flexibility index (Phi) is 4.31. The first kappa shape index (κ1) is 11.4. The fourth-order valence-electron chi connectivity index (χ4n) is 1.94. The van der Waals surface area contributed by atoms with E-state index in [2.05, 4.69) is 10.3 Å². The molecule has 2 unspecified atom stereocenters. The van der Waals surface area contributed by atoms with Gasteiger partial charge in [0.15, 0.2) is 0 Å². The highest BCUT2D eigenvalue weighted by Crippen LogP contribution is 2.16. The minimum Gasteiger partial charge on any atom is -0.380 e. The number of hydrogen-bond donors (Lipinski definition) is 2. The van der Waals surface area contributed by atoms with Crippen LogP contribution in [0.25, 0.3) is 0 Å². The van der Waals surface area contributed by atoms with Crippen molar-refractivity contribution in [2.24, 2.45) is 5.84 Å². The molecule has 0 aromatic rings. The quantitative estimate of drug-likeness (QED) is 0.365. The molecule has 1 fully saturated rings. The second kappa shape index (κ2) is 5.29. The van der Waals surface area contributed by atoms with Crippen LogP contribution >= 0.6 is 0 Å². The van der Waals surface area contributed by atoms with Gasteiger partial charge in [-0.2, -0.15) is 0 Å². The van der Waals surface area contributed by atoms with E-state index in [9.17, 15) is 4.79 Å². The molecule has 3 N–H and O–H groups in total. The average molecular weight is 201 g/mol. The molecule has 1 aliphatic heterocycles. The number of ether oxygens (including phenoxy) is 1. The summed E-state index contributed by atoms with van der Waals surface area (Å²) in [5.74, 6) is 5.02. The standard InChI is InChI=1S/C9H19N3O2/c1-3-8(9(13)11-10)12-5-4-7(6-12)14-2/h7-8H,3-6,10H2,1-2H3,(H,11,13). The Balaban J connectivity index is 2.50. The van der Waals surface area contributed by atoms with E-state index in [0.717, 1.165) is 25.9 Å². The van der Waals surface area contributed by atoms with Gasteiger partial charge in [-0.05, 0) is 12.8 Å². The van der Waals surface area contributed by atoms with E-state index in [4.69, 9.17) is 10.6 Å². The minimum atomic E-state index is -0.111. The zero-order valence-corrected chi connectivity index (χ0v) is 8.82. The first-order valence-corrected chi connectivity index (χ1v) is 5.00. The van der Waals surface area contributed by atoms with Crippen molar-refractivity contribution in [3.8, 4) is 0 Å². The molecule has 82 valence electrons. The number of hydrazine groups is 1. The summed E-state index contributed by atoms with van der Waals surface area (Å²) in [6.07, 6.45) is 2.03. The van der Waals surface area contributed by atoms with E-state index in [1.807, 2.05) is 6.92 Å². The number of hydrogen-bond acceptors (Lipinski definition) is 4. The number of nitrogens with two attached hydrogens (primary N) is 1. The van der Waals surface area contributed by atoms with Gasteiger partial charge in [0.2, 0.25) is 0 Å². The molecular formula is C9H19N3O2. The van der Waals surface area contributed by atoms with Crippen molar-refractivity contribution in [3.63, 3.8) is 0 Å². The van der Waals surface area contributed by atoms with Crippen LogP contribution in [-0.4, -0.2) is 43.2 Å². The monoisotopic (exact) mass is 201 g/mol. The molecule has 1 amide bonds. The molecule has 5 heteroatoms. The Bertz CT molecular complexity index is 198. The van der Waals surface area contributed by atoms with Crippen LogP contribution in [0.15, 0.2) is 0 Å².